The zero-order valence-corrected chi connectivity index (χ0v) is 14.6. The highest BCUT2D eigenvalue weighted by atomic mass is 16.3. The van der Waals surface area contributed by atoms with Crippen molar-refractivity contribution in [2.75, 3.05) is 18.1 Å². The summed E-state index contributed by atoms with van der Waals surface area (Å²) in [6, 6.07) is 19.4. The van der Waals surface area contributed by atoms with E-state index < -0.39 is 0 Å². The van der Waals surface area contributed by atoms with Gasteiger partial charge >= 0.3 is 6.03 Å². The minimum atomic E-state index is -0.343. The van der Waals surface area contributed by atoms with Crippen LogP contribution in [0.4, 0.5) is 10.5 Å². The number of urea groups is 1. The fourth-order valence-electron chi connectivity index (χ4n) is 3.21. The number of hydrogen-bond donors (Lipinski definition) is 3. The first-order valence-corrected chi connectivity index (χ1v) is 8.56. The van der Waals surface area contributed by atoms with Gasteiger partial charge in [0.2, 0.25) is 0 Å². The van der Waals surface area contributed by atoms with Gasteiger partial charge in [0.1, 0.15) is 0 Å². The molecule has 0 saturated carbocycles. The van der Waals surface area contributed by atoms with Crippen LogP contribution >= 0.6 is 0 Å². The molecule has 1 aliphatic rings. The summed E-state index contributed by atoms with van der Waals surface area (Å²) in [5.41, 5.74) is 9.84. The van der Waals surface area contributed by atoms with Gasteiger partial charge in [0.25, 0.3) is 5.84 Å². The van der Waals surface area contributed by atoms with Crippen LogP contribution in [0.25, 0.3) is 21.9 Å². The molecule has 6 nitrogen and oxygen atoms in total. The lowest BCUT2D eigenvalue weighted by Gasteiger charge is -2.15. The molecule has 0 spiro atoms. The second-order valence-electron chi connectivity index (χ2n) is 6.48. The molecular weight excluding hydrogens is 340 g/mol. The Kier molecular flexibility index (Phi) is 4.18. The van der Waals surface area contributed by atoms with Crippen LogP contribution < -0.4 is 16.0 Å². The number of aliphatic imine (C=N–C) groups is 1. The van der Waals surface area contributed by atoms with Crippen molar-refractivity contribution in [3.05, 3.63) is 66.2 Å². The van der Waals surface area contributed by atoms with E-state index in [0.29, 0.717) is 18.1 Å². The summed E-state index contributed by atoms with van der Waals surface area (Å²) in [4.78, 5) is 17.3. The van der Waals surface area contributed by atoms with E-state index >= 15 is 0 Å². The number of aliphatic hydroxyl groups is 1. The summed E-state index contributed by atoms with van der Waals surface area (Å²) >= 11 is 0. The van der Waals surface area contributed by atoms with Crippen LogP contribution in [0.5, 0.6) is 0 Å². The maximum Gasteiger partial charge on any atom is 0.348 e. The molecule has 134 valence electrons. The molecule has 0 fully saturated rings. The third-order valence-corrected chi connectivity index (χ3v) is 4.69. The molecular formula is C21H19N4O2+. The molecule has 1 aliphatic heterocycles. The number of hydrogen-bond acceptors (Lipinski definition) is 2. The monoisotopic (exact) mass is 359 g/mol. The molecule has 0 bridgehead atoms. The molecule has 3 aromatic rings. The van der Waals surface area contributed by atoms with Crippen molar-refractivity contribution in [2.24, 2.45) is 10.7 Å². The van der Waals surface area contributed by atoms with E-state index in [1.165, 1.54) is 0 Å². The Morgan fingerprint density at radius 1 is 1.04 bits per heavy atom. The van der Waals surface area contributed by atoms with Crippen LogP contribution in [0.15, 0.2) is 65.7 Å². The van der Waals surface area contributed by atoms with Gasteiger partial charge in [0.05, 0.1) is 24.4 Å². The highest BCUT2D eigenvalue weighted by Gasteiger charge is 2.24. The smallest absolute Gasteiger partial charge is 0.348 e. The number of nitrogens with zero attached hydrogens (tertiary/aromatic N) is 2. The molecule has 5 N–H and O–H groups in total. The van der Waals surface area contributed by atoms with E-state index in [0.717, 1.165) is 33.2 Å². The summed E-state index contributed by atoms with van der Waals surface area (Å²) in [6.07, 6.45) is 0. The average Bonchev–Trinajstić information content (AvgIpc) is 3.08. The Hall–Kier alpha value is -3.51. The minimum Gasteiger partial charge on any atom is -0.390 e. The van der Waals surface area contributed by atoms with E-state index in [-0.39, 0.29) is 12.6 Å². The summed E-state index contributed by atoms with van der Waals surface area (Å²) in [6.45, 7) is 0.126. The maximum absolute atomic E-state index is 11.9. The van der Waals surface area contributed by atoms with Gasteiger partial charge in [-0.2, -0.15) is 4.99 Å². The van der Waals surface area contributed by atoms with Gasteiger partial charge in [-0.15, -0.1) is 0 Å². The third kappa shape index (κ3) is 3.18. The van der Waals surface area contributed by atoms with Crippen LogP contribution in [-0.4, -0.2) is 35.8 Å². The van der Waals surface area contributed by atoms with Gasteiger partial charge in [0, 0.05) is 5.69 Å². The van der Waals surface area contributed by atoms with E-state index in [9.17, 15) is 4.79 Å². The fourth-order valence-corrected chi connectivity index (χ4v) is 3.21. The predicted octanol–water partition coefficient (Wildman–Crippen LogP) is 1.34. The number of benzene rings is 3. The van der Waals surface area contributed by atoms with Gasteiger partial charge in [-0.05, 0) is 52.2 Å². The van der Waals surface area contributed by atoms with Crippen LogP contribution in [0, 0.1) is 0 Å². The van der Waals surface area contributed by atoms with Crippen molar-refractivity contribution < 1.29 is 15.3 Å². The van der Waals surface area contributed by atoms with E-state index in [1.807, 2.05) is 54.6 Å². The third-order valence-electron chi connectivity index (χ3n) is 4.69. The van der Waals surface area contributed by atoms with Crippen molar-refractivity contribution >= 4 is 34.0 Å². The van der Waals surface area contributed by atoms with E-state index in [4.69, 9.17) is 16.2 Å². The highest BCUT2D eigenvalue weighted by molar-refractivity contribution is 6.12. The van der Waals surface area contributed by atoms with Crippen LogP contribution in [0.2, 0.25) is 0 Å². The van der Waals surface area contributed by atoms with Crippen molar-refractivity contribution in [2.45, 2.75) is 0 Å². The lowest BCUT2D eigenvalue weighted by atomic mass is 9.99. The molecule has 6 heteroatoms. The predicted molar refractivity (Wildman–Crippen MR) is 107 cm³/mol. The SMILES string of the molecule is NC(=[NH2+])c1ccc2cc(-c3ccc(N4CC(CO)=NC4=O)cc3)ccc2c1. The van der Waals surface area contributed by atoms with E-state index in [2.05, 4.69) is 11.1 Å². The largest absolute Gasteiger partial charge is 0.390 e. The van der Waals surface area contributed by atoms with Gasteiger partial charge in [-0.1, -0.05) is 30.3 Å². The van der Waals surface area contributed by atoms with Crippen molar-refractivity contribution in [3.63, 3.8) is 0 Å². The number of anilines is 1. The summed E-state index contributed by atoms with van der Waals surface area (Å²) in [5, 5.41) is 17.0. The molecule has 3 aromatic carbocycles. The number of nitrogens with two attached hydrogens (primary N) is 2. The second kappa shape index (κ2) is 6.66. The summed E-state index contributed by atoms with van der Waals surface area (Å²) < 4.78 is 0. The number of fused-ring (bicyclic) bond motifs is 1. The minimum absolute atomic E-state index is 0.202. The highest BCUT2D eigenvalue weighted by Crippen LogP contribution is 2.28. The number of carbonyl (C=O) groups is 1. The Balaban J connectivity index is 1.61. The van der Waals surface area contributed by atoms with Crippen molar-refractivity contribution in [1.29, 1.82) is 0 Å². The number of carbonyl (C=O) groups excluding carboxylic acids is 1. The Labute approximate surface area is 156 Å². The summed E-state index contributed by atoms with van der Waals surface area (Å²) in [5.74, 6) is 0.307. The number of amidine groups is 1. The first-order valence-electron chi connectivity index (χ1n) is 8.56. The number of rotatable bonds is 4. The molecule has 2 amide bonds. The van der Waals surface area contributed by atoms with Crippen LogP contribution in [0.1, 0.15) is 5.56 Å². The van der Waals surface area contributed by atoms with Crippen molar-refractivity contribution in [3.8, 4) is 11.1 Å². The fraction of sp³-hybridized carbons (Fsp3) is 0.0952. The molecule has 1 heterocycles. The first-order chi connectivity index (χ1) is 13.0. The second-order valence-corrected chi connectivity index (χ2v) is 6.48. The lowest BCUT2D eigenvalue weighted by Crippen LogP contribution is -2.46. The van der Waals surface area contributed by atoms with Gasteiger partial charge < -0.3 is 5.11 Å². The molecule has 0 aliphatic carbocycles. The lowest BCUT2D eigenvalue weighted by molar-refractivity contribution is -0.114. The van der Waals surface area contributed by atoms with Gasteiger partial charge in [-0.25, -0.2) is 4.79 Å². The molecule has 0 unspecified atom stereocenters. The Bertz CT molecular complexity index is 1090. The van der Waals surface area contributed by atoms with Crippen molar-refractivity contribution in [1.82, 2.24) is 0 Å². The Morgan fingerprint density at radius 2 is 1.70 bits per heavy atom. The standard InChI is InChI=1S/C21H18N4O2/c22-20(23)17-4-3-15-9-14(1-2-16(15)10-17)13-5-7-19(8-6-13)25-11-18(12-26)24-21(25)27/h1-10,26H,11-12H2,(H3,22,23)/p+1. The van der Waals surface area contributed by atoms with Gasteiger partial charge in [0.15, 0.2) is 0 Å². The number of amides is 2. The quantitative estimate of drug-likeness (QED) is 0.484. The summed E-state index contributed by atoms with van der Waals surface area (Å²) in [7, 11) is 0. The zero-order chi connectivity index (χ0) is 19.0. The maximum atomic E-state index is 11.9. The zero-order valence-electron chi connectivity index (χ0n) is 14.6. The Morgan fingerprint density at radius 3 is 2.37 bits per heavy atom. The molecule has 27 heavy (non-hydrogen) atoms. The normalized spacial score (nSPS) is 13.9. The molecule has 0 atom stereocenters. The average molecular weight is 359 g/mol. The molecule has 0 radical (unpaired) electrons. The molecule has 0 saturated heterocycles. The topological polar surface area (TPSA) is 105 Å². The first kappa shape index (κ1) is 16.9. The molecule has 4 rings (SSSR count). The van der Waals surface area contributed by atoms with E-state index in [1.54, 1.807) is 4.90 Å². The van der Waals surface area contributed by atoms with Crippen LogP contribution in [0.3, 0.4) is 0 Å². The number of aliphatic hydroxyl groups excluding tert-OH is 1. The molecule has 0 aromatic heterocycles. The van der Waals surface area contributed by atoms with Gasteiger partial charge in [-0.3, -0.25) is 16.0 Å². The van der Waals surface area contributed by atoms with Crippen LogP contribution in [-0.2, 0) is 0 Å².